The maximum Gasteiger partial charge on any atom is 0.255 e. The molecule has 9 heteroatoms. The first-order chi connectivity index (χ1) is 13.7. The quantitative estimate of drug-likeness (QED) is 0.743. The van der Waals surface area contributed by atoms with Crippen LogP contribution in [-0.2, 0) is 0 Å². The topological polar surface area (TPSA) is 87.1 Å². The van der Waals surface area contributed by atoms with Gasteiger partial charge in [-0.3, -0.25) is 14.8 Å². The van der Waals surface area contributed by atoms with Gasteiger partial charge < -0.3 is 15.1 Å². The highest BCUT2D eigenvalue weighted by atomic mass is 19.1. The fraction of sp³-hybridized carbons (Fsp3) is 0.211. The lowest BCUT2D eigenvalue weighted by atomic mass is 10.2. The zero-order valence-corrected chi connectivity index (χ0v) is 15.0. The minimum absolute atomic E-state index is 0.213. The molecule has 0 atom stereocenters. The number of hydrogen-bond donors (Lipinski definition) is 1. The predicted molar refractivity (Wildman–Crippen MR) is 102 cm³/mol. The van der Waals surface area contributed by atoms with Crippen LogP contribution >= 0.6 is 0 Å². The monoisotopic (exact) mass is 379 g/mol. The summed E-state index contributed by atoms with van der Waals surface area (Å²) in [5.74, 6) is 0.664. The molecule has 0 radical (unpaired) electrons. The molecule has 1 aliphatic rings. The van der Waals surface area contributed by atoms with E-state index in [4.69, 9.17) is 0 Å². The van der Waals surface area contributed by atoms with Crippen molar-refractivity contribution in [3.63, 3.8) is 0 Å². The molecule has 0 unspecified atom stereocenters. The summed E-state index contributed by atoms with van der Waals surface area (Å²) in [5, 5.41) is 11.6. The van der Waals surface area contributed by atoms with E-state index in [0.717, 1.165) is 17.7 Å². The van der Waals surface area contributed by atoms with Gasteiger partial charge in [0.05, 0.1) is 11.8 Å². The van der Waals surface area contributed by atoms with E-state index in [1.807, 2.05) is 24.3 Å². The van der Waals surface area contributed by atoms with Gasteiger partial charge in [-0.1, -0.05) is 0 Å². The van der Waals surface area contributed by atoms with Crippen LogP contribution in [0, 0.1) is 5.82 Å². The second kappa shape index (κ2) is 7.95. The Kier molecular flexibility index (Phi) is 5.05. The van der Waals surface area contributed by atoms with E-state index in [1.54, 1.807) is 17.3 Å². The van der Waals surface area contributed by atoms with E-state index in [-0.39, 0.29) is 11.5 Å². The normalized spacial score (nSPS) is 14.0. The van der Waals surface area contributed by atoms with Crippen molar-refractivity contribution in [2.24, 2.45) is 0 Å². The average Bonchev–Trinajstić information content (AvgIpc) is 2.75. The van der Waals surface area contributed by atoms with Crippen LogP contribution in [0.5, 0.6) is 0 Å². The van der Waals surface area contributed by atoms with Crippen molar-refractivity contribution >= 4 is 23.2 Å². The Morgan fingerprint density at radius 3 is 2.43 bits per heavy atom. The molecule has 1 saturated heterocycles. The number of carbonyl (C=O) groups is 1. The summed E-state index contributed by atoms with van der Waals surface area (Å²) in [4.78, 5) is 23.9. The number of nitrogens with one attached hydrogen (secondary N) is 1. The molecule has 0 saturated carbocycles. The molecule has 28 heavy (non-hydrogen) atoms. The lowest BCUT2D eigenvalue weighted by molar-refractivity contribution is 0.0745. The molecule has 3 aromatic rings. The highest BCUT2D eigenvalue weighted by Gasteiger charge is 2.23. The summed E-state index contributed by atoms with van der Waals surface area (Å²) < 4.78 is 13.3. The van der Waals surface area contributed by atoms with Crippen molar-refractivity contribution in [1.82, 2.24) is 25.1 Å². The summed E-state index contributed by atoms with van der Waals surface area (Å²) in [6.45, 7) is 2.29. The van der Waals surface area contributed by atoms with Gasteiger partial charge in [0.1, 0.15) is 5.82 Å². The van der Waals surface area contributed by atoms with Gasteiger partial charge in [0, 0.05) is 50.5 Å². The molecule has 1 fully saturated rings. The first kappa shape index (κ1) is 17.8. The second-order valence-electron chi connectivity index (χ2n) is 6.31. The van der Waals surface area contributed by atoms with Gasteiger partial charge in [-0.15, -0.1) is 10.2 Å². The van der Waals surface area contributed by atoms with Crippen molar-refractivity contribution in [3.05, 3.63) is 66.5 Å². The number of piperazine rings is 1. The minimum atomic E-state index is -0.514. The number of aromatic nitrogens is 4. The highest BCUT2D eigenvalue weighted by molar-refractivity contribution is 5.94. The van der Waals surface area contributed by atoms with Crippen LogP contribution in [0.15, 0.2) is 55.1 Å². The summed E-state index contributed by atoms with van der Waals surface area (Å²) >= 11 is 0. The van der Waals surface area contributed by atoms with Gasteiger partial charge in [-0.25, -0.2) is 4.39 Å². The second-order valence-corrected chi connectivity index (χ2v) is 6.31. The third-order valence-electron chi connectivity index (χ3n) is 4.45. The third kappa shape index (κ3) is 4.03. The summed E-state index contributed by atoms with van der Waals surface area (Å²) in [7, 11) is 0. The van der Waals surface area contributed by atoms with Crippen LogP contribution in [0.1, 0.15) is 10.4 Å². The number of hydrogen-bond acceptors (Lipinski definition) is 7. The lowest BCUT2D eigenvalue weighted by Crippen LogP contribution is -2.49. The van der Waals surface area contributed by atoms with Crippen LogP contribution in [0.2, 0.25) is 0 Å². The standard InChI is InChI=1S/C19H18FN7O/c20-15-11-14(12-22-13-15)19(28)27-9-7-26(8-10-27)18-2-1-17(24-25-18)23-16-3-5-21-6-4-16/h1-6,11-13H,7-10H2,(H,21,23,24). The van der Waals surface area contributed by atoms with E-state index < -0.39 is 5.82 Å². The zero-order valence-electron chi connectivity index (χ0n) is 15.0. The van der Waals surface area contributed by atoms with Gasteiger partial charge in [0.25, 0.3) is 5.91 Å². The summed E-state index contributed by atoms with van der Waals surface area (Å²) in [5.41, 5.74) is 1.15. The number of amides is 1. The molecule has 0 aliphatic carbocycles. The Morgan fingerprint density at radius 2 is 1.75 bits per heavy atom. The predicted octanol–water partition coefficient (Wildman–Crippen LogP) is 2.11. The van der Waals surface area contributed by atoms with E-state index >= 15 is 0 Å². The van der Waals surface area contributed by atoms with Crippen LogP contribution < -0.4 is 10.2 Å². The zero-order chi connectivity index (χ0) is 19.3. The van der Waals surface area contributed by atoms with Gasteiger partial charge in [-0.05, 0) is 30.3 Å². The van der Waals surface area contributed by atoms with Crippen molar-refractivity contribution in [2.75, 3.05) is 36.4 Å². The molecule has 0 aromatic carbocycles. The molecule has 4 heterocycles. The van der Waals surface area contributed by atoms with Crippen LogP contribution in [0.25, 0.3) is 0 Å². The van der Waals surface area contributed by atoms with E-state index in [0.29, 0.717) is 32.0 Å². The number of halogens is 1. The Bertz CT molecular complexity index is 944. The molecular formula is C19H18FN7O. The maximum atomic E-state index is 13.3. The van der Waals surface area contributed by atoms with Gasteiger partial charge in [0.2, 0.25) is 0 Å². The first-order valence-corrected chi connectivity index (χ1v) is 8.84. The average molecular weight is 379 g/mol. The lowest BCUT2D eigenvalue weighted by Gasteiger charge is -2.35. The molecular weight excluding hydrogens is 361 g/mol. The van der Waals surface area contributed by atoms with Crippen LogP contribution in [-0.4, -0.2) is 57.2 Å². The summed E-state index contributed by atoms with van der Waals surface area (Å²) in [6, 6.07) is 8.66. The molecule has 4 rings (SSSR count). The largest absolute Gasteiger partial charge is 0.352 e. The molecule has 1 aliphatic heterocycles. The van der Waals surface area contributed by atoms with Gasteiger partial charge >= 0.3 is 0 Å². The van der Waals surface area contributed by atoms with Crippen molar-refractivity contribution in [3.8, 4) is 0 Å². The fourth-order valence-corrected chi connectivity index (χ4v) is 2.99. The molecule has 3 aromatic heterocycles. The third-order valence-corrected chi connectivity index (χ3v) is 4.45. The number of anilines is 3. The van der Waals surface area contributed by atoms with Crippen LogP contribution in [0.3, 0.4) is 0 Å². The van der Waals surface area contributed by atoms with E-state index in [2.05, 4.69) is 30.4 Å². The first-order valence-electron chi connectivity index (χ1n) is 8.84. The number of carbonyl (C=O) groups excluding carboxylic acids is 1. The number of rotatable bonds is 4. The molecule has 1 amide bonds. The summed E-state index contributed by atoms with van der Waals surface area (Å²) in [6.07, 6.45) is 5.87. The highest BCUT2D eigenvalue weighted by Crippen LogP contribution is 2.18. The SMILES string of the molecule is O=C(c1cncc(F)c1)N1CCN(c2ccc(Nc3ccncc3)nn2)CC1. The molecule has 1 N–H and O–H groups in total. The molecule has 142 valence electrons. The van der Waals surface area contributed by atoms with Crippen LogP contribution in [0.4, 0.5) is 21.7 Å². The maximum absolute atomic E-state index is 13.3. The Balaban J connectivity index is 1.35. The van der Waals surface area contributed by atoms with Crippen molar-refractivity contribution < 1.29 is 9.18 Å². The van der Waals surface area contributed by atoms with Crippen molar-refractivity contribution in [1.29, 1.82) is 0 Å². The number of nitrogens with zero attached hydrogens (tertiary/aromatic N) is 6. The van der Waals surface area contributed by atoms with Crippen molar-refractivity contribution in [2.45, 2.75) is 0 Å². The molecule has 8 nitrogen and oxygen atoms in total. The van der Waals surface area contributed by atoms with Gasteiger partial charge in [-0.2, -0.15) is 0 Å². The van der Waals surface area contributed by atoms with E-state index in [9.17, 15) is 9.18 Å². The Hall–Kier alpha value is -3.62. The fourth-order valence-electron chi connectivity index (χ4n) is 2.99. The molecule has 0 spiro atoms. The smallest absolute Gasteiger partial charge is 0.255 e. The minimum Gasteiger partial charge on any atom is -0.352 e. The Morgan fingerprint density at radius 1 is 0.964 bits per heavy atom. The van der Waals surface area contributed by atoms with E-state index in [1.165, 1.54) is 12.3 Å². The molecule has 0 bridgehead atoms. The Labute approximate surface area is 161 Å². The van der Waals surface area contributed by atoms with Gasteiger partial charge in [0.15, 0.2) is 11.6 Å². The number of pyridine rings is 2.